The first-order valence-electron chi connectivity index (χ1n) is 9.88. The normalized spacial score (nSPS) is 12.3. The van der Waals surface area contributed by atoms with Gasteiger partial charge in [0.2, 0.25) is 26.0 Å². The average Bonchev–Trinajstić information content (AvgIpc) is 2.69. The van der Waals surface area contributed by atoms with Crippen LogP contribution in [0.25, 0.3) is 0 Å². The maximum absolute atomic E-state index is 12.5. The Morgan fingerprint density at radius 3 is 1.90 bits per heavy atom. The molecule has 0 aliphatic heterocycles. The van der Waals surface area contributed by atoms with Crippen LogP contribution in [-0.4, -0.2) is 57.2 Å². The number of nitrogens with one attached hydrogen (secondary N) is 1. The van der Waals surface area contributed by atoms with Crippen LogP contribution >= 0.6 is 0 Å². The van der Waals surface area contributed by atoms with Gasteiger partial charge in [0.15, 0.2) is 0 Å². The fourth-order valence-corrected chi connectivity index (χ4v) is 5.16. The first-order valence-corrected chi connectivity index (χ1v) is 13.2. The van der Waals surface area contributed by atoms with Crippen molar-refractivity contribution >= 4 is 31.6 Å². The molecule has 0 saturated heterocycles. The van der Waals surface area contributed by atoms with Crippen molar-refractivity contribution in [2.45, 2.75) is 32.2 Å². The fraction of sp³-hybridized carbons (Fsp3) is 0.381. The summed E-state index contributed by atoms with van der Waals surface area (Å²) >= 11 is 0. The van der Waals surface area contributed by atoms with E-state index in [2.05, 4.69) is 5.32 Å². The SMILES string of the molecule is CCN(CC)S(=O)(=O)c1ccc(NC(=O)CN(Cc2ccc(C)cc2)S(C)(=O)=O)cc1. The lowest BCUT2D eigenvalue weighted by molar-refractivity contribution is -0.116. The van der Waals surface area contributed by atoms with Gasteiger partial charge in [-0.15, -0.1) is 0 Å². The summed E-state index contributed by atoms with van der Waals surface area (Å²) in [7, 11) is -7.20. The Morgan fingerprint density at radius 1 is 0.871 bits per heavy atom. The van der Waals surface area contributed by atoms with Crippen LogP contribution in [0.5, 0.6) is 0 Å². The second-order valence-electron chi connectivity index (χ2n) is 7.18. The Labute approximate surface area is 185 Å². The second-order valence-corrected chi connectivity index (χ2v) is 11.1. The van der Waals surface area contributed by atoms with Crippen molar-refractivity contribution in [1.29, 1.82) is 0 Å². The molecular formula is C21H29N3O5S2. The van der Waals surface area contributed by atoms with E-state index < -0.39 is 26.0 Å². The van der Waals surface area contributed by atoms with Crippen LogP contribution in [0, 0.1) is 6.92 Å². The fourth-order valence-electron chi connectivity index (χ4n) is 2.97. The Hall–Kier alpha value is -2.27. The van der Waals surface area contributed by atoms with E-state index >= 15 is 0 Å². The molecule has 0 radical (unpaired) electrons. The number of amides is 1. The van der Waals surface area contributed by atoms with Crippen molar-refractivity contribution < 1.29 is 21.6 Å². The number of rotatable bonds is 10. The molecule has 2 rings (SSSR count). The number of carbonyl (C=O) groups excluding carboxylic acids is 1. The monoisotopic (exact) mass is 467 g/mol. The van der Waals surface area contributed by atoms with E-state index in [1.165, 1.54) is 28.6 Å². The summed E-state index contributed by atoms with van der Waals surface area (Å²) in [5.41, 5.74) is 2.21. The Morgan fingerprint density at radius 2 is 1.42 bits per heavy atom. The van der Waals surface area contributed by atoms with Crippen molar-refractivity contribution in [2.24, 2.45) is 0 Å². The van der Waals surface area contributed by atoms with Gasteiger partial charge in [-0.3, -0.25) is 4.79 Å². The van der Waals surface area contributed by atoms with Gasteiger partial charge in [-0.1, -0.05) is 43.7 Å². The quantitative estimate of drug-likeness (QED) is 0.578. The Bertz CT molecular complexity index is 1090. The predicted molar refractivity (Wildman–Crippen MR) is 122 cm³/mol. The van der Waals surface area contributed by atoms with Gasteiger partial charge >= 0.3 is 0 Å². The van der Waals surface area contributed by atoms with E-state index in [0.29, 0.717) is 18.8 Å². The first-order chi connectivity index (χ1) is 14.5. The lowest BCUT2D eigenvalue weighted by atomic mass is 10.1. The molecule has 170 valence electrons. The molecule has 0 aliphatic carbocycles. The number of anilines is 1. The van der Waals surface area contributed by atoms with E-state index in [9.17, 15) is 21.6 Å². The highest BCUT2D eigenvalue weighted by atomic mass is 32.2. The van der Waals surface area contributed by atoms with Gasteiger partial charge < -0.3 is 5.32 Å². The number of sulfonamides is 2. The molecule has 0 bridgehead atoms. The number of nitrogens with zero attached hydrogens (tertiary/aromatic N) is 2. The van der Waals surface area contributed by atoms with Crippen molar-refractivity contribution in [3.8, 4) is 0 Å². The van der Waals surface area contributed by atoms with Gasteiger partial charge in [0.25, 0.3) is 0 Å². The van der Waals surface area contributed by atoms with Gasteiger partial charge in [-0.05, 0) is 36.8 Å². The molecule has 0 heterocycles. The minimum absolute atomic E-state index is 0.0770. The number of hydrogen-bond acceptors (Lipinski definition) is 5. The molecule has 0 aromatic heterocycles. The molecule has 1 N–H and O–H groups in total. The molecule has 0 fully saturated rings. The molecule has 0 aliphatic rings. The summed E-state index contributed by atoms with van der Waals surface area (Å²) in [6.07, 6.45) is 1.06. The molecule has 31 heavy (non-hydrogen) atoms. The van der Waals surface area contributed by atoms with Crippen LogP contribution in [-0.2, 0) is 31.4 Å². The van der Waals surface area contributed by atoms with Crippen LogP contribution in [0.1, 0.15) is 25.0 Å². The number of aryl methyl sites for hydroxylation is 1. The van der Waals surface area contributed by atoms with Crippen molar-refractivity contribution in [3.05, 3.63) is 59.7 Å². The maximum atomic E-state index is 12.5. The number of benzene rings is 2. The summed E-state index contributed by atoms with van der Waals surface area (Å²) in [6, 6.07) is 13.2. The van der Waals surface area contributed by atoms with Gasteiger partial charge in [0.1, 0.15) is 0 Å². The van der Waals surface area contributed by atoms with Crippen LogP contribution in [0.2, 0.25) is 0 Å². The predicted octanol–water partition coefficient (Wildman–Crippen LogP) is 2.43. The third kappa shape index (κ3) is 6.86. The Kier molecular flexibility index (Phi) is 8.35. The topological polar surface area (TPSA) is 104 Å². The number of carbonyl (C=O) groups is 1. The largest absolute Gasteiger partial charge is 0.325 e. The van der Waals surface area contributed by atoms with Crippen LogP contribution < -0.4 is 5.32 Å². The highest BCUT2D eigenvalue weighted by Crippen LogP contribution is 2.18. The lowest BCUT2D eigenvalue weighted by Crippen LogP contribution is -2.36. The molecule has 1 amide bonds. The smallest absolute Gasteiger partial charge is 0.243 e. The van der Waals surface area contributed by atoms with Crippen LogP contribution in [0.3, 0.4) is 0 Å². The summed E-state index contributed by atoms with van der Waals surface area (Å²) in [5, 5.41) is 2.62. The molecule has 2 aromatic carbocycles. The second kappa shape index (κ2) is 10.4. The highest BCUT2D eigenvalue weighted by molar-refractivity contribution is 7.89. The van der Waals surface area contributed by atoms with Gasteiger partial charge in [-0.25, -0.2) is 16.8 Å². The van der Waals surface area contributed by atoms with Gasteiger partial charge in [0.05, 0.1) is 17.7 Å². The molecule has 2 aromatic rings. The zero-order valence-electron chi connectivity index (χ0n) is 18.2. The first kappa shape index (κ1) is 25.0. The van der Waals surface area contributed by atoms with E-state index in [-0.39, 0.29) is 18.0 Å². The number of hydrogen-bond donors (Lipinski definition) is 1. The standard InChI is InChI=1S/C21H29N3O5S2/c1-5-23(6-2)31(28,29)20-13-11-19(12-14-20)22-21(25)16-24(30(4,26)27)15-18-9-7-17(3)8-10-18/h7-14H,5-6,15-16H2,1-4H3,(H,22,25). The summed E-state index contributed by atoms with van der Waals surface area (Å²) in [4.78, 5) is 12.6. The van der Waals surface area contributed by atoms with Crippen molar-refractivity contribution in [3.63, 3.8) is 0 Å². The molecular weight excluding hydrogens is 438 g/mol. The lowest BCUT2D eigenvalue weighted by Gasteiger charge is -2.20. The molecule has 0 unspecified atom stereocenters. The minimum atomic E-state index is -3.61. The third-order valence-electron chi connectivity index (χ3n) is 4.75. The van der Waals surface area contributed by atoms with E-state index in [1.54, 1.807) is 13.8 Å². The van der Waals surface area contributed by atoms with Crippen LogP contribution in [0.15, 0.2) is 53.4 Å². The van der Waals surface area contributed by atoms with Gasteiger partial charge in [-0.2, -0.15) is 8.61 Å². The average molecular weight is 468 g/mol. The molecule has 8 nitrogen and oxygen atoms in total. The third-order valence-corrected chi connectivity index (χ3v) is 8.01. The van der Waals surface area contributed by atoms with Crippen LogP contribution in [0.4, 0.5) is 5.69 Å². The molecule has 0 atom stereocenters. The molecule has 10 heteroatoms. The van der Waals surface area contributed by atoms with Gasteiger partial charge in [0, 0.05) is 25.3 Å². The molecule has 0 saturated carbocycles. The van der Waals surface area contributed by atoms with E-state index in [0.717, 1.165) is 21.7 Å². The van der Waals surface area contributed by atoms with Crippen molar-refractivity contribution in [1.82, 2.24) is 8.61 Å². The van der Waals surface area contributed by atoms with E-state index in [4.69, 9.17) is 0 Å². The zero-order chi connectivity index (χ0) is 23.2. The Balaban J connectivity index is 2.10. The zero-order valence-corrected chi connectivity index (χ0v) is 19.8. The summed E-state index contributed by atoms with van der Waals surface area (Å²) < 4.78 is 51.8. The summed E-state index contributed by atoms with van der Waals surface area (Å²) in [5.74, 6) is -0.517. The van der Waals surface area contributed by atoms with E-state index in [1.807, 2.05) is 31.2 Å². The van der Waals surface area contributed by atoms with Crippen molar-refractivity contribution in [2.75, 3.05) is 31.2 Å². The minimum Gasteiger partial charge on any atom is -0.325 e. The summed E-state index contributed by atoms with van der Waals surface area (Å²) in [6.45, 7) is 5.91. The highest BCUT2D eigenvalue weighted by Gasteiger charge is 2.22. The maximum Gasteiger partial charge on any atom is 0.243 e. The molecule has 0 spiro atoms.